The Labute approximate surface area is 204 Å². The van der Waals surface area contributed by atoms with Gasteiger partial charge < -0.3 is 5.32 Å². The molecule has 33 heavy (non-hydrogen) atoms. The maximum Gasteiger partial charge on any atom is 0.436 e. The molecule has 2 aromatic heterocycles. The maximum atomic E-state index is 14.1. The number of carbonyl (C=O) groups excluding carboxylic acids is 1. The summed E-state index contributed by atoms with van der Waals surface area (Å²) in [7, 11) is 0. The number of amides is 1. The Kier molecular flexibility index (Phi) is 6.49. The summed E-state index contributed by atoms with van der Waals surface area (Å²) >= 11 is 15.3. The molecule has 3 aromatic rings. The van der Waals surface area contributed by atoms with Crippen LogP contribution < -0.4 is 5.32 Å². The highest BCUT2D eigenvalue weighted by Crippen LogP contribution is 2.47. The summed E-state index contributed by atoms with van der Waals surface area (Å²) in [6.45, 7) is 1.43. The molecule has 1 aromatic carbocycles. The van der Waals surface area contributed by atoms with E-state index in [1.54, 1.807) is 6.07 Å². The van der Waals surface area contributed by atoms with Crippen LogP contribution in [0.25, 0.3) is 0 Å². The van der Waals surface area contributed by atoms with E-state index in [2.05, 4.69) is 31.4 Å². The molecule has 0 spiro atoms. The van der Waals surface area contributed by atoms with E-state index >= 15 is 0 Å². The summed E-state index contributed by atoms with van der Waals surface area (Å²) in [4.78, 5) is 12.9. The van der Waals surface area contributed by atoms with Crippen molar-refractivity contribution in [2.24, 2.45) is 0 Å². The lowest BCUT2D eigenvalue weighted by Crippen LogP contribution is -2.26. The van der Waals surface area contributed by atoms with Crippen molar-refractivity contribution >= 4 is 50.9 Å². The number of nitrogens with one attached hydrogen (secondary N) is 1. The van der Waals surface area contributed by atoms with Gasteiger partial charge in [0.1, 0.15) is 11.9 Å². The Morgan fingerprint density at radius 1 is 1.30 bits per heavy atom. The van der Waals surface area contributed by atoms with Crippen LogP contribution in [-0.4, -0.2) is 25.5 Å². The molecule has 1 saturated carbocycles. The van der Waals surface area contributed by atoms with Gasteiger partial charge in [0.15, 0.2) is 11.5 Å². The summed E-state index contributed by atoms with van der Waals surface area (Å²) in [6.07, 6.45) is -1.87. The molecule has 6 nitrogen and oxygen atoms in total. The van der Waals surface area contributed by atoms with E-state index in [1.807, 2.05) is 0 Å². The summed E-state index contributed by atoms with van der Waals surface area (Å²) < 4.78 is 56.8. The van der Waals surface area contributed by atoms with Gasteiger partial charge >= 0.3 is 6.18 Å². The van der Waals surface area contributed by atoms with E-state index < -0.39 is 34.7 Å². The average Bonchev–Trinajstić information content (AvgIpc) is 3.41. The second-order valence-electron chi connectivity index (χ2n) is 7.65. The first-order chi connectivity index (χ1) is 15.5. The van der Waals surface area contributed by atoms with Crippen LogP contribution in [-0.2, 0) is 17.5 Å². The van der Waals surface area contributed by atoms with Crippen molar-refractivity contribution in [3.63, 3.8) is 0 Å². The molecule has 176 valence electrons. The van der Waals surface area contributed by atoms with Gasteiger partial charge in [0.2, 0.25) is 5.91 Å². The number of alkyl halides is 3. The van der Waals surface area contributed by atoms with Gasteiger partial charge in [-0.15, -0.1) is 0 Å². The Balaban J connectivity index is 1.56. The topological polar surface area (TPSA) is 64.7 Å². The lowest BCUT2D eigenvalue weighted by molar-refractivity contribution is -0.141. The van der Waals surface area contributed by atoms with Crippen molar-refractivity contribution in [2.75, 3.05) is 5.32 Å². The first kappa shape index (κ1) is 24.0. The van der Waals surface area contributed by atoms with E-state index in [4.69, 9.17) is 23.2 Å². The quantitative estimate of drug-likeness (QED) is 0.348. The predicted octanol–water partition coefficient (Wildman–Crippen LogP) is 6.43. The van der Waals surface area contributed by atoms with Crippen molar-refractivity contribution < 1.29 is 22.4 Å². The summed E-state index contributed by atoms with van der Waals surface area (Å²) in [5.41, 5.74) is -0.788. The molecule has 0 saturated heterocycles. The highest BCUT2D eigenvalue weighted by atomic mass is 79.9. The largest absolute Gasteiger partial charge is 0.436 e. The third-order valence-corrected chi connectivity index (χ3v) is 6.51. The lowest BCUT2D eigenvalue weighted by atomic mass is 10.2. The Morgan fingerprint density at radius 3 is 2.61 bits per heavy atom. The van der Waals surface area contributed by atoms with E-state index in [9.17, 15) is 22.4 Å². The summed E-state index contributed by atoms with van der Waals surface area (Å²) in [5, 5.41) is 10.1. The van der Waals surface area contributed by atoms with Gasteiger partial charge in [-0.05, 0) is 47.8 Å². The number of hydrogen-bond acceptors (Lipinski definition) is 3. The van der Waals surface area contributed by atoms with Gasteiger partial charge in [-0.1, -0.05) is 29.3 Å². The van der Waals surface area contributed by atoms with E-state index in [0.29, 0.717) is 17.3 Å². The maximum absolute atomic E-state index is 14.1. The Morgan fingerprint density at radius 2 is 2.00 bits per heavy atom. The molecule has 1 atom stereocenters. The number of aromatic nitrogens is 4. The molecule has 0 radical (unpaired) electrons. The number of benzene rings is 1. The first-order valence-corrected chi connectivity index (χ1v) is 11.3. The fourth-order valence-electron chi connectivity index (χ4n) is 3.37. The second-order valence-corrected chi connectivity index (χ2v) is 9.29. The Bertz CT molecular complexity index is 1200. The van der Waals surface area contributed by atoms with Crippen LogP contribution in [0.1, 0.15) is 48.7 Å². The smallest absolute Gasteiger partial charge is 0.306 e. The van der Waals surface area contributed by atoms with Crippen LogP contribution in [0, 0.1) is 5.82 Å². The minimum absolute atomic E-state index is 0.00503. The number of nitrogens with zero attached hydrogens (tertiary/aromatic N) is 4. The highest BCUT2D eigenvalue weighted by Gasteiger charge is 2.43. The molecular formula is C20H16BrCl2F4N5O. The van der Waals surface area contributed by atoms with Crippen LogP contribution >= 0.6 is 39.1 Å². The third kappa shape index (κ3) is 4.90. The van der Waals surface area contributed by atoms with E-state index in [1.165, 1.54) is 29.9 Å². The summed E-state index contributed by atoms with van der Waals surface area (Å²) in [6, 6.07) is 3.21. The molecule has 2 heterocycles. The van der Waals surface area contributed by atoms with Gasteiger partial charge in [-0.2, -0.15) is 23.4 Å². The molecule has 1 fully saturated rings. The van der Waals surface area contributed by atoms with Gasteiger partial charge in [0.25, 0.3) is 0 Å². The van der Waals surface area contributed by atoms with Crippen LogP contribution in [0.5, 0.6) is 0 Å². The number of halogens is 7. The van der Waals surface area contributed by atoms with Crippen molar-refractivity contribution in [3.05, 3.63) is 61.7 Å². The lowest BCUT2D eigenvalue weighted by Gasteiger charge is -2.15. The number of anilines is 1. The fourth-order valence-corrected chi connectivity index (χ4v) is 4.39. The molecule has 0 aliphatic heterocycles. The molecule has 1 amide bonds. The second kappa shape index (κ2) is 8.92. The first-order valence-electron chi connectivity index (χ1n) is 9.79. The molecule has 0 bridgehead atoms. The van der Waals surface area contributed by atoms with Gasteiger partial charge in [0.05, 0.1) is 21.7 Å². The van der Waals surface area contributed by atoms with E-state index in [-0.39, 0.29) is 34.6 Å². The molecule has 13 heteroatoms. The van der Waals surface area contributed by atoms with Gasteiger partial charge in [-0.3, -0.25) is 14.2 Å². The third-order valence-electron chi connectivity index (χ3n) is 5.21. The molecule has 4 rings (SSSR count). The number of carbonyl (C=O) groups is 1. The average molecular weight is 569 g/mol. The van der Waals surface area contributed by atoms with Crippen molar-refractivity contribution in [1.82, 2.24) is 19.6 Å². The molecule has 1 aliphatic carbocycles. The predicted molar refractivity (Wildman–Crippen MR) is 118 cm³/mol. The van der Waals surface area contributed by atoms with Crippen molar-refractivity contribution in [3.8, 4) is 0 Å². The number of hydrogen-bond donors (Lipinski definition) is 1. The zero-order chi connectivity index (χ0) is 24.1. The zero-order valence-corrected chi connectivity index (χ0v) is 20.0. The molecule has 1 N–H and O–H groups in total. The monoisotopic (exact) mass is 567 g/mol. The van der Waals surface area contributed by atoms with Crippen LogP contribution in [0.4, 0.5) is 23.4 Å². The van der Waals surface area contributed by atoms with Crippen LogP contribution in [0.2, 0.25) is 10.0 Å². The normalized spacial score (nSPS) is 15.0. The minimum Gasteiger partial charge on any atom is -0.306 e. The molecule has 1 aliphatic rings. The standard InChI is InChI=1S/C20H16BrCl2F4N5O/c1-9(32-16(10-5-6-10)15(23)17(29-32)20(25,26)27)19(33)28-18-12(21)8-31(30-18)7-11-13(22)3-2-4-14(11)24/h2-4,8-10H,5-7H2,1H3,(H,28,30,33). The summed E-state index contributed by atoms with van der Waals surface area (Å²) in [5.74, 6) is -1.20. The fraction of sp³-hybridized carbons (Fsp3) is 0.350. The molecule has 1 unspecified atom stereocenters. The van der Waals surface area contributed by atoms with E-state index in [0.717, 1.165) is 4.68 Å². The SMILES string of the molecule is CC(C(=O)Nc1nn(Cc2c(F)cccc2Cl)cc1Br)n1nc(C(F)(F)F)c(Cl)c1C1CC1. The highest BCUT2D eigenvalue weighted by molar-refractivity contribution is 9.10. The van der Waals surface area contributed by atoms with Crippen molar-refractivity contribution in [1.29, 1.82) is 0 Å². The van der Waals surface area contributed by atoms with Gasteiger partial charge in [-0.25, -0.2) is 4.39 Å². The minimum atomic E-state index is -4.74. The Hall–Kier alpha value is -2.11. The zero-order valence-electron chi connectivity index (χ0n) is 16.9. The van der Waals surface area contributed by atoms with Crippen LogP contribution in [0.15, 0.2) is 28.9 Å². The molecular weight excluding hydrogens is 553 g/mol. The number of rotatable bonds is 6. The van der Waals surface area contributed by atoms with Gasteiger partial charge in [0, 0.05) is 22.7 Å². The van der Waals surface area contributed by atoms with Crippen LogP contribution in [0.3, 0.4) is 0 Å². The van der Waals surface area contributed by atoms with Crippen molar-refractivity contribution in [2.45, 2.75) is 44.4 Å².